The van der Waals surface area contributed by atoms with E-state index in [0.29, 0.717) is 25.2 Å². The Bertz CT molecular complexity index is 753. The standard InChI is InChI=1S/C21H23BrN2O2/c1-23(15-16-5-3-2-4-6-16)20(25)18-11-13-24(14-12-18)21(26)17-7-9-19(22)10-8-17/h2-10,18H,11-15H2,1H3. The first-order valence-corrected chi connectivity index (χ1v) is 9.67. The summed E-state index contributed by atoms with van der Waals surface area (Å²) < 4.78 is 0.958. The van der Waals surface area contributed by atoms with E-state index >= 15 is 0 Å². The fraction of sp³-hybridized carbons (Fsp3) is 0.333. The zero-order valence-corrected chi connectivity index (χ0v) is 16.5. The maximum Gasteiger partial charge on any atom is 0.253 e. The van der Waals surface area contributed by atoms with Crippen LogP contribution in [-0.2, 0) is 11.3 Å². The summed E-state index contributed by atoms with van der Waals surface area (Å²) in [6.45, 7) is 1.88. The van der Waals surface area contributed by atoms with Crippen molar-refractivity contribution in [2.75, 3.05) is 20.1 Å². The van der Waals surface area contributed by atoms with Crippen LogP contribution in [0.4, 0.5) is 0 Å². The molecule has 0 radical (unpaired) electrons. The van der Waals surface area contributed by atoms with E-state index in [4.69, 9.17) is 0 Å². The summed E-state index contributed by atoms with van der Waals surface area (Å²) in [6, 6.07) is 17.4. The Hall–Kier alpha value is -2.14. The highest BCUT2D eigenvalue weighted by atomic mass is 79.9. The van der Waals surface area contributed by atoms with Crippen LogP contribution in [0, 0.1) is 5.92 Å². The van der Waals surface area contributed by atoms with E-state index in [1.807, 2.05) is 66.5 Å². The van der Waals surface area contributed by atoms with Crippen LogP contribution in [0.15, 0.2) is 59.1 Å². The van der Waals surface area contributed by atoms with Crippen molar-refractivity contribution in [2.45, 2.75) is 19.4 Å². The number of likely N-dealkylation sites (tertiary alicyclic amines) is 1. The van der Waals surface area contributed by atoms with Gasteiger partial charge in [0.15, 0.2) is 0 Å². The average molecular weight is 415 g/mol. The summed E-state index contributed by atoms with van der Waals surface area (Å²) in [5.74, 6) is 0.211. The van der Waals surface area contributed by atoms with Gasteiger partial charge in [0.05, 0.1) is 0 Å². The van der Waals surface area contributed by atoms with Crippen LogP contribution in [0.5, 0.6) is 0 Å². The van der Waals surface area contributed by atoms with Gasteiger partial charge in [-0.25, -0.2) is 0 Å². The molecule has 0 saturated carbocycles. The minimum absolute atomic E-state index is 0.00215. The molecular formula is C21H23BrN2O2. The van der Waals surface area contributed by atoms with Crippen molar-refractivity contribution in [3.63, 3.8) is 0 Å². The Kier molecular flexibility index (Phi) is 6.09. The first-order valence-electron chi connectivity index (χ1n) is 8.88. The molecule has 1 fully saturated rings. The molecule has 1 aliphatic heterocycles. The Balaban J connectivity index is 1.53. The van der Waals surface area contributed by atoms with Crippen molar-refractivity contribution in [3.8, 4) is 0 Å². The highest BCUT2D eigenvalue weighted by molar-refractivity contribution is 9.10. The van der Waals surface area contributed by atoms with Gasteiger partial charge in [0.1, 0.15) is 0 Å². The molecule has 1 heterocycles. The van der Waals surface area contributed by atoms with Gasteiger partial charge in [0, 0.05) is 42.6 Å². The quantitative estimate of drug-likeness (QED) is 0.759. The van der Waals surface area contributed by atoms with Gasteiger partial charge in [-0.15, -0.1) is 0 Å². The molecule has 0 N–H and O–H groups in total. The average Bonchev–Trinajstić information content (AvgIpc) is 2.68. The molecule has 2 amide bonds. The molecule has 0 aromatic heterocycles. The van der Waals surface area contributed by atoms with E-state index in [1.165, 1.54) is 0 Å². The van der Waals surface area contributed by atoms with Gasteiger partial charge in [-0.3, -0.25) is 9.59 Å². The molecule has 2 aromatic carbocycles. The number of nitrogens with zero attached hydrogens (tertiary/aromatic N) is 2. The summed E-state index contributed by atoms with van der Waals surface area (Å²) in [5, 5.41) is 0. The van der Waals surface area contributed by atoms with Gasteiger partial charge < -0.3 is 9.80 Å². The normalized spacial score (nSPS) is 14.9. The van der Waals surface area contributed by atoms with Gasteiger partial charge >= 0.3 is 0 Å². The van der Waals surface area contributed by atoms with E-state index in [-0.39, 0.29) is 17.7 Å². The van der Waals surface area contributed by atoms with E-state index in [2.05, 4.69) is 15.9 Å². The lowest BCUT2D eigenvalue weighted by atomic mass is 9.94. The smallest absolute Gasteiger partial charge is 0.253 e. The number of benzene rings is 2. The summed E-state index contributed by atoms with van der Waals surface area (Å²) in [7, 11) is 1.86. The molecule has 1 aliphatic rings. The lowest BCUT2D eigenvalue weighted by molar-refractivity contribution is -0.136. The molecular weight excluding hydrogens is 392 g/mol. The van der Waals surface area contributed by atoms with Crippen molar-refractivity contribution >= 4 is 27.7 Å². The lowest BCUT2D eigenvalue weighted by Crippen LogP contribution is -2.43. The first kappa shape index (κ1) is 18.6. The minimum Gasteiger partial charge on any atom is -0.341 e. The van der Waals surface area contributed by atoms with E-state index < -0.39 is 0 Å². The summed E-state index contributed by atoms with van der Waals surface area (Å²) >= 11 is 3.38. The van der Waals surface area contributed by atoms with Gasteiger partial charge in [-0.05, 0) is 42.7 Å². The number of piperidine rings is 1. The topological polar surface area (TPSA) is 40.6 Å². The highest BCUT2D eigenvalue weighted by Crippen LogP contribution is 2.22. The summed E-state index contributed by atoms with van der Waals surface area (Å²) in [6.07, 6.45) is 1.44. The summed E-state index contributed by atoms with van der Waals surface area (Å²) in [5.41, 5.74) is 1.82. The van der Waals surface area contributed by atoms with Crippen LogP contribution >= 0.6 is 15.9 Å². The van der Waals surface area contributed by atoms with Crippen LogP contribution in [0.1, 0.15) is 28.8 Å². The Morgan fingerprint density at radius 3 is 2.27 bits per heavy atom. The van der Waals surface area contributed by atoms with Crippen molar-refractivity contribution in [3.05, 3.63) is 70.2 Å². The number of hydrogen-bond acceptors (Lipinski definition) is 2. The van der Waals surface area contributed by atoms with Crippen molar-refractivity contribution in [2.24, 2.45) is 5.92 Å². The molecule has 0 bridgehead atoms. The lowest BCUT2D eigenvalue weighted by Gasteiger charge is -2.33. The maximum atomic E-state index is 12.7. The highest BCUT2D eigenvalue weighted by Gasteiger charge is 2.29. The SMILES string of the molecule is CN(Cc1ccccc1)C(=O)C1CCN(C(=O)c2ccc(Br)cc2)CC1. The number of halogens is 1. The Labute approximate surface area is 162 Å². The fourth-order valence-corrected chi connectivity index (χ4v) is 3.62. The van der Waals surface area contributed by atoms with E-state index in [9.17, 15) is 9.59 Å². The molecule has 4 nitrogen and oxygen atoms in total. The number of rotatable bonds is 4. The molecule has 0 atom stereocenters. The third kappa shape index (κ3) is 4.52. The van der Waals surface area contributed by atoms with Crippen LogP contribution in [0.3, 0.4) is 0 Å². The van der Waals surface area contributed by atoms with Gasteiger partial charge in [-0.1, -0.05) is 46.3 Å². The van der Waals surface area contributed by atoms with Crippen LogP contribution < -0.4 is 0 Å². The van der Waals surface area contributed by atoms with E-state index in [1.54, 1.807) is 4.90 Å². The minimum atomic E-state index is -0.00215. The van der Waals surface area contributed by atoms with Crippen molar-refractivity contribution in [1.82, 2.24) is 9.80 Å². The molecule has 3 rings (SSSR count). The second-order valence-electron chi connectivity index (χ2n) is 6.75. The first-order chi connectivity index (χ1) is 12.5. The third-order valence-electron chi connectivity index (χ3n) is 4.86. The zero-order valence-electron chi connectivity index (χ0n) is 14.9. The molecule has 5 heteroatoms. The summed E-state index contributed by atoms with van der Waals surface area (Å²) in [4.78, 5) is 28.9. The van der Waals surface area contributed by atoms with Gasteiger partial charge in [0.25, 0.3) is 5.91 Å². The second kappa shape index (κ2) is 8.49. The predicted octanol–water partition coefficient (Wildman–Crippen LogP) is 3.96. The number of hydrogen-bond donors (Lipinski definition) is 0. The van der Waals surface area contributed by atoms with Crippen molar-refractivity contribution in [1.29, 1.82) is 0 Å². The van der Waals surface area contributed by atoms with Crippen LogP contribution in [0.2, 0.25) is 0 Å². The van der Waals surface area contributed by atoms with Gasteiger partial charge in [-0.2, -0.15) is 0 Å². The molecule has 2 aromatic rings. The Morgan fingerprint density at radius 1 is 1.04 bits per heavy atom. The molecule has 26 heavy (non-hydrogen) atoms. The third-order valence-corrected chi connectivity index (χ3v) is 5.39. The molecule has 136 valence electrons. The number of carbonyl (C=O) groups is 2. The predicted molar refractivity (Wildman–Crippen MR) is 106 cm³/mol. The monoisotopic (exact) mass is 414 g/mol. The molecule has 0 aliphatic carbocycles. The van der Waals surface area contributed by atoms with Gasteiger partial charge in [0.2, 0.25) is 5.91 Å². The van der Waals surface area contributed by atoms with Crippen LogP contribution in [0.25, 0.3) is 0 Å². The fourth-order valence-electron chi connectivity index (χ4n) is 3.35. The largest absolute Gasteiger partial charge is 0.341 e. The number of amides is 2. The van der Waals surface area contributed by atoms with Crippen molar-refractivity contribution < 1.29 is 9.59 Å². The molecule has 0 unspecified atom stereocenters. The maximum absolute atomic E-state index is 12.7. The zero-order chi connectivity index (χ0) is 18.5. The van der Waals surface area contributed by atoms with E-state index in [0.717, 1.165) is 22.9 Å². The van der Waals surface area contributed by atoms with Crippen LogP contribution in [-0.4, -0.2) is 41.8 Å². The molecule has 1 saturated heterocycles. The number of carbonyl (C=O) groups excluding carboxylic acids is 2. The molecule has 0 spiro atoms. The Morgan fingerprint density at radius 2 is 1.65 bits per heavy atom. The second-order valence-corrected chi connectivity index (χ2v) is 7.67.